The van der Waals surface area contributed by atoms with Gasteiger partial charge in [0.05, 0.1) is 12.1 Å². The van der Waals surface area contributed by atoms with Crippen molar-refractivity contribution >= 4 is 23.3 Å². The molecule has 0 atom stereocenters. The Morgan fingerprint density at radius 3 is 2.76 bits per heavy atom. The molecule has 1 N–H and O–H groups in total. The Kier molecular flexibility index (Phi) is 4.95. The van der Waals surface area contributed by atoms with Crippen molar-refractivity contribution < 1.29 is 4.79 Å². The molecule has 0 aliphatic rings. The minimum absolute atomic E-state index is 0.204. The molecule has 0 aliphatic heterocycles. The Morgan fingerprint density at radius 1 is 1.20 bits per heavy atom. The van der Waals surface area contributed by atoms with Crippen LogP contribution in [0.3, 0.4) is 0 Å². The first-order valence-electron chi connectivity index (χ1n) is 7.71. The van der Waals surface area contributed by atoms with Crippen LogP contribution < -0.4 is 10.9 Å². The number of nitrogens with one attached hydrogen (secondary N) is 1. The summed E-state index contributed by atoms with van der Waals surface area (Å²) in [7, 11) is 0. The van der Waals surface area contributed by atoms with Crippen LogP contribution in [-0.4, -0.2) is 15.5 Å². The molecule has 0 bridgehead atoms. The number of benzene rings is 1. The maximum absolute atomic E-state index is 12.4. The second kappa shape index (κ2) is 7.32. The van der Waals surface area contributed by atoms with Crippen molar-refractivity contribution in [2.24, 2.45) is 0 Å². The van der Waals surface area contributed by atoms with Crippen molar-refractivity contribution in [2.45, 2.75) is 13.5 Å². The highest BCUT2D eigenvalue weighted by atomic mass is 35.5. The van der Waals surface area contributed by atoms with Gasteiger partial charge in [0, 0.05) is 23.5 Å². The predicted octanol–water partition coefficient (Wildman–Crippen LogP) is 3.51. The van der Waals surface area contributed by atoms with E-state index in [4.69, 9.17) is 11.6 Å². The summed E-state index contributed by atoms with van der Waals surface area (Å²) in [6.45, 7) is 2.21. The first kappa shape index (κ1) is 16.9. The Labute approximate surface area is 149 Å². The number of rotatable bonds is 4. The van der Waals surface area contributed by atoms with Crippen LogP contribution in [0.15, 0.2) is 65.7 Å². The Balaban J connectivity index is 1.85. The van der Waals surface area contributed by atoms with Crippen molar-refractivity contribution in [2.75, 3.05) is 5.32 Å². The average molecular weight is 354 g/mol. The molecule has 0 saturated heterocycles. The Morgan fingerprint density at radius 2 is 2.00 bits per heavy atom. The largest absolute Gasteiger partial charge is 0.310 e. The maximum Gasteiger partial charge on any atom is 0.258 e. The molecule has 0 spiro atoms. The highest BCUT2D eigenvalue weighted by Gasteiger charge is 2.10. The molecule has 3 aromatic rings. The highest BCUT2D eigenvalue weighted by Crippen LogP contribution is 2.16. The van der Waals surface area contributed by atoms with Crippen LogP contribution in [0.4, 0.5) is 5.82 Å². The number of halogens is 1. The second-order valence-electron chi connectivity index (χ2n) is 5.65. The second-order valence-corrected chi connectivity index (χ2v) is 6.06. The zero-order valence-electron chi connectivity index (χ0n) is 13.6. The van der Waals surface area contributed by atoms with Crippen molar-refractivity contribution in [3.05, 3.63) is 93.0 Å². The third-order valence-electron chi connectivity index (χ3n) is 3.70. The summed E-state index contributed by atoms with van der Waals surface area (Å²) in [6, 6.07) is 13.8. The predicted molar refractivity (Wildman–Crippen MR) is 98.2 cm³/mol. The molecule has 1 amide bonds. The van der Waals surface area contributed by atoms with Gasteiger partial charge in [-0.3, -0.25) is 9.59 Å². The fourth-order valence-corrected chi connectivity index (χ4v) is 2.59. The van der Waals surface area contributed by atoms with Gasteiger partial charge in [-0.1, -0.05) is 29.8 Å². The summed E-state index contributed by atoms with van der Waals surface area (Å²) in [5.41, 5.74) is 1.97. The first-order chi connectivity index (χ1) is 12.0. The monoisotopic (exact) mass is 353 g/mol. The fraction of sp³-hybridized carbons (Fsp3) is 0.105. The van der Waals surface area contributed by atoms with Crippen molar-refractivity contribution in [3.8, 4) is 0 Å². The number of aromatic nitrogens is 2. The molecule has 0 saturated carbocycles. The Hall–Kier alpha value is -2.92. The van der Waals surface area contributed by atoms with Gasteiger partial charge in [-0.05, 0) is 42.3 Å². The highest BCUT2D eigenvalue weighted by molar-refractivity contribution is 6.31. The van der Waals surface area contributed by atoms with Gasteiger partial charge in [-0.25, -0.2) is 4.98 Å². The molecule has 0 unspecified atom stereocenters. The van der Waals surface area contributed by atoms with Gasteiger partial charge in [0.15, 0.2) is 0 Å². The summed E-state index contributed by atoms with van der Waals surface area (Å²) in [6.07, 6.45) is 3.15. The van der Waals surface area contributed by atoms with E-state index in [0.717, 1.165) is 11.1 Å². The standard InChI is InChI=1S/C19H16ClN3O2/c1-13-8-9-21-17(10-13)22-19(25)15-6-7-18(24)23(12-15)11-14-4-2-3-5-16(14)20/h2-10,12H,11H2,1H3,(H,21,22,25). The number of nitrogens with zero attached hydrogens (tertiary/aromatic N) is 2. The molecular weight excluding hydrogens is 338 g/mol. The topological polar surface area (TPSA) is 64.0 Å². The number of hydrogen-bond acceptors (Lipinski definition) is 3. The lowest BCUT2D eigenvalue weighted by molar-refractivity contribution is 0.102. The number of carbonyl (C=O) groups is 1. The molecule has 126 valence electrons. The molecule has 0 aliphatic carbocycles. The van der Waals surface area contributed by atoms with Gasteiger partial charge >= 0.3 is 0 Å². The molecule has 2 aromatic heterocycles. The van der Waals surface area contributed by atoms with Gasteiger partial charge in [0.25, 0.3) is 11.5 Å². The van der Waals surface area contributed by atoms with Crippen LogP contribution >= 0.6 is 11.6 Å². The van der Waals surface area contributed by atoms with Crippen LogP contribution in [0, 0.1) is 6.92 Å². The van der Waals surface area contributed by atoms with E-state index >= 15 is 0 Å². The Bertz CT molecular complexity index is 982. The van der Waals surface area contributed by atoms with Gasteiger partial charge in [-0.15, -0.1) is 0 Å². The molecule has 1 aromatic carbocycles. The fourth-order valence-electron chi connectivity index (χ4n) is 2.39. The summed E-state index contributed by atoms with van der Waals surface area (Å²) in [5.74, 6) is 0.139. The lowest BCUT2D eigenvalue weighted by Gasteiger charge is -2.10. The molecule has 0 fully saturated rings. The third-order valence-corrected chi connectivity index (χ3v) is 4.07. The van der Waals surface area contributed by atoms with E-state index in [1.807, 2.05) is 31.2 Å². The zero-order chi connectivity index (χ0) is 17.8. The summed E-state index contributed by atoms with van der Waals surface area (Å²) >= 11 is 6.15. The molecular formula is C19H16ClN3O2. The lowest BCUT2D eigenvalue weighted by atomic mass is 10.2. The van der Waals surface area contributed by atoms with Gasteiger partial charge < -0.3 is 9.88 Å². The van der Waals surface area contributed by atoms with E-state index in [2.05, 4.69) is 10.3 Å². The molecule has 0 radical (unpaired) electrons. The molecule has 2 heterocycles. The van der Waals surface area contributed by atoms with Gasteiger partial charge in [-0.2, -0.15) is 0 Å². The van der Waals surface area contributed by atoms with Gasteiger partial charge in [0.1, 0.15) is 5.82 Å². The number of carbonyl (C=O) groups excluding carboxylic acids is 1. The average Bonchev–Trinajstić information content (AvgIpc) is 2.58. The minimum atomic E-state index is -0.328. The molecule has 25 heavy (non-hydrogen) atoms. The smallest absolute Gasteiger partial charge is 0.258 e. The number of amides is 1. The van der Waals surface area contributed by atoms with Crippen molar-refractivity contribution in [3.63, 3.8) is 0 Å². The van der Waals surface area contributed by atoms with E-state index in [1.54, 1.807) is 18.3 Å². The van der Waals surface area contributed by atoms with E-state index < -0.39 is 0 Å². The van der Waals surface area contributed by atoms with E-state index in [0.29, 0.717) is 22.9 Å². The van der Waals surface area contributed by atoms with Crippen LogP contribution in [0.25, 0.3) is 0 Å². The molecule has 6 heteroatoms. The number of aryl methyl sites for hydroxylation is 1. The number of anilines is 1. The summed E-state index contributed by atoms with van der Waals surface area (Å²) in [5, 5.41) is 3.31. The van der Waals surface area contributed by atoms with Crippen molar-refractivity contribution in [1.82, 2.24) is 9.55 Å². The van der Waals surface area contributed by atoms with Gasteiger partial charge in [0.2, 0.25) is 0 Å². The lowest BCUT2D eigenvalue weighted by Crippen LogP contribution is -2.22. The summed E-state index contributed by atoms with van der Waals surface area (Å²) < 4.78 is 1.46. The van der Waals surface area contributed by atoms with E-state index in [9.17, 15) is 9.59 Å². The minimum Gasteiger partial charge on any atom is -0.310 e. The number of hydrogen-bond donors (Lipinski definition) is 1. The van der Waals surface area contributed by atoms with Crippen LogP contribution in [-0.2, 0) is 6.54 Å². The normalized spacial score (nSPS) is 10.5. The van der Waals surface area contributed by atoms with E-state index in [-0.39, 0.29) is 11.5 Å². The zero-order valence-corrected chi connectivity index (χ0v) is 14.3. The SMILES string of the molecule is Cc1ccnc(NC(=O)c2ccc(=O)n(Cc3ccccc3Cl)c2)c1. The maximum atomic E-state index is 12.4. The van der Waals surface area contributed by atoms with E-state index in [1.165, 1.54) is 22.9 Å². The first-order valence-corrected chi connectivity index (χ1v) is 8.08. The van der Waals surface area contributed by atoms with Crippen LogP contribution in [0.5, 0.6) is 0 Å². The number of pyridine rings is 2. The molecule has 5 nitrogen and oxygen atoms in total. The summed E-state index contributed by atoms with van der Waals surface area (Å²) in [4.78, 5) is 28.6. The quantitative estimate of drug-likeness (QED) is 0.780. The van der Waals surface area contributed by atoms with Crippen LogP contribution in [0.1, 0.15) is 21.5 Å². The van der Waals surface area contributed by atoms with Crippen molar-refractivity contribution in [1.29, 1.82) is 0 Å². The third kappa shape index (κ3) is 4.14. The molecule has 3 rings (SSSR count). The van der Waals surface area contributed by atoms with Crippen LogP contribution in [0.2, 0.25) is 5.02 Å².